The summed E-state index contributed by atoms with van der Waals surface area (Å²) in [5.74, 6) is 0.979. The Morgan fingerprint density at radius 1 is 1.23 bits per heavy atom. The molecule has 22 heavy (non-hydrogen) atoms. The highest BCUT2D eigenvalue weighted by molar-refractivity contribution is 7.89. The Kier molecular flexibility index (Phi) is 6.84. The van der Waals surface area contributed by atoms with Crippen molar-refractivity contribution in [1.82, 2.24) is 4.31 Å². The van der Waals surface area contributed by atoms with Crippen LogP contribution in [0.5, 0.6) is 5.75 Å². The molecule has 1 aromatic carbocycles. The topological polar surface area (TPSA) is 46.6 Å². The summed E-state index contributed by atoms with van der Waals surface area (Å²) in [6.07, 6.45) is 1.63. The van der Waals surface area contributed by atoms with E-state index in [1.807, 2.05) is 24.3 Å². The largest absolute Gasteiger partial charge is 0.497 e. The molecule has 124 valence electrons. The van der Waals surface area contributed by atoms with Crippen LogP contribution in [0.4, 0.5) is 0 Å². The van der Waals surface area contributed by atoms with Crippen molar-refractivity contribution in [2.45, 2.75) is 32.2 Å². The first-order chi connectivity index (χ1) is 10.2. The number of benzene rings is 1. The average Bonchev–Trinajstić information content (AvgIpc) is 2.45. The fourth-order valence-corrected chi connectivity index (χ4v) is 6.34. The highest BCUT2D eigenvalue weighted by Crippen LogP contribution is 2.17. The van der Waals surface area contributed by atoms with Gasteiger partial charge in [0.1, 0.15) is 5.75 Å². The zero-order valence-corrected chi connectivity index (χ0v) is 15.8. The first-order valence-electron chi connectivity index (χ1n) is 7.39. The molecule has 0 aromatic heterocycles. The minimum atomic E-state index is -3.27. The van der Waals surface area contributed by atoms with Gasteiger partial charge in [-0.1, -0.05) is 37.8 Å². The van der Waals surface area contributed by atoms with Gasteiger partial charge in [-0.2, -0.15) is 4.31 Å². The molecule has 0 spiro atoms. The van der Waals surface area contributed by atoms with Gasteiger partial charge in [0, 0.05) is 21.2 Å². The summed E-state index contributed by atoms with van der Waals surface area (Å²) in [6, 6.07) is 8.24. The lowest BCUT2D eigenvalue weighted by Gasteiger charge is -2.23. The molecule has 0 heterocycles. The summed E-state index contributed by atoms with van der Waals surface area (Å²) in [4.78, 5) is 0. The van der Waals surface area contributed by atoms with Gasteiger partial charge in [-0.05, 0) is 23.7 Å². The van der Waals surface area contributed by atoms with Crippen LogP contribution in [-0.2, 0) is 16.6 Å². The van der Waals surface area contributed by atoms with E-state index in [4.69, 9.17) is 4.74 Å². The van der Waals surface area contributed by atoms with Crippen LogP contribution in [0.2, 0.25) is 25.7 Å². The monoisotopic (exact) mass is 341 g/mol. The van der Waals surface area contributed by atoms with E-state index >= 15 is 0 Å². The van der Waals surface area contributed by atoms with Crippen LogP contribution in [0.15, 0.2) is 36.9 Å². The van der Waals surface area contributed by atoms with E-state index in [1.165, 1.54) is 4.31 Å². The maximum atomic E-state index is 12.6. The van der Waals surface area contributed by atoms with Crippen LogP contribution in [0.25, 0.3) is 0 Å². The number of hydrogen-bond acceptors (Lipinski definition) is 3. The third-order valence-corrected chi connectivity index (χ3v) is 7.25. The molecule has 0 bridgehead atoms. The van der Waals surface area contributed by atoms with E-state index in [0.29, 0.717) is 13.1 Å². The van der Waals surface area contributed by atoms with Gasteiger partial charge in [0.15, 0.2) is 0 Å². The number of sulfonamides is 1. The predicted octanol–water partition coefficient (Wildman–Crippen LogP) is 3.35. The van der Waals surface area contributed by atoms with Crippen molar-refractivity contribution in [2.24, 2.45) is 0 Å². The highest BCUT2D eigenvalue weighted by atomic mass is 32.2. The summed E-state index contributed by atoms with van der Waals surface area (Å²) in [5, 5.41) is 0. The van der Waals surface area contributed by atoms with Crippen LogP contribution in [-0.4, -0.2) is 40.2 Å². The third kappa shape index (κ3) is 6.33. The lowest BCUT2D eigenvalue weighted by molar-refractivity contribution is 0.413. The zero-order valence-electron chi connectivity index (χ0n) is 14.0. The molecule has 0 N–H and O–H groups in total. The van der Waals surface area contributed by atoms with E-state index in [9.17, 15) is 8.42 Å². The second kappa shape index (κ2) is 7.94. The molecular formula is C16H27NO3SSi. The smallest absolute Gasteiger partial charge is 0.214 e. The minimum absolute atomic E-state index is 0.215. The van der Waals surface area contributed by atoms with E-state index in [-0.39, 0.29) is 5.75 Å². The standard InChI is InChI=1S/C16H27NO3SSi/c1-6-11-17(21(18,19)12-13-22(3,4)5)14-15-7-9-16(20-2)10-8-15/h6-10H,1,11-14H2,2-5H3. The summed E-state index contributed by atoms with van der Waals surface area (Å²) in [5.41, 5.74) is 0.944. The van der Waals surface area contributed by atoms with E-state index < -0.39 is 18.1 Å². The van der Waals surface area contributed by atoms with Gasteiger partial charge in [-0.3, -0.25) is 0 Å². The molecule has 0 amide bonds. The number of hydrogen-bond donors (Lipinski definition) is 0. The molecule has 4 nitrogen and oxygen atoms in total. The van der Waals surface area contributed by atoms with Gasteiger partial charge in [-0.25, -0.2) is 8.42 Å². The van der Waals surface area contributed by atoms with Crippen LogP contribution in [0, 0.1) is 0 Å². The zero-order chi connectivity index (χ0) is 16.8. The number of nitrogens with zero attached hydrogens (tertiary/aromatic N) is 1. The lowest BCUT2D eigenvalue weighted by Crippen LogP contribution is -2.35. The molecule has 0 saturated carbocycles. The summed E-state index contributed by atoms with van der Waals surface area (Å²) in [6.45, 7) is 10.9. The Bertz CT molecular complexity index is 576. The normalized spacial score (nSPS) is 12.4. The third-order valence-electron chi connectivity index (χ3n) is 3.35. The van der Waals surface area contributed by atoms with E-state index in [0.717, 1.165) is 17.4 Å². The molecule has 1 aromatic rings. The molecular weight excluding hydrogens is 314 g/mol. The maximum absolute atomic E-state index is 12.6. The molecule has 0 aliphatic carbocycles. The highest BCUT2D eigenvalue weighted by Gasteiger charge is 2.24. The summed E-state index contributed by atoms with van der Waals surface area (Å²) in [7, 11) is -3.04. The fourth-order valence-electron chi connectivity index (χ4n) is 1.92. The first-order valence-corrected chi connectivity index (χ1v) is 12.7. The number of rotatable bonds is 9. The molecule has 0 radical (unpaired) electrons. The van der Waals surface area contributed by atoms with Gasteiger partial charge >= 0.3 is 0 Å². The fraction of sp³-hybridized carbons (Fsp3) is 0.500. The van der Waals surface area contributed by atoms with E-state index in [1.54, 1.807) is 13.2 Å². The van der Waals surface area contributed by atoms with Crippen molar-refractivity contribution in [3.63, 3.8) is 0 Å². The molecule has 0 fully saturated rings. The van der Waals surface area contributed by atoms with Crippen molar-refractivity contribution in [3.8, 4) is 5.75 Å². The van der Waals surface area contributed by atoms with Gasteiger partial charge in [0.25, 0.3) is 0 Å². The Morgan fingerprint density at radius 3 is 2.27 bits per heavy atom. The van der Waals surface area contributed by atoms with Crippen molar-refractivity contribution in [2.75, 3.05) is 19.4 Å². The summed E-state index contributed by atoms with van der Waals surface area (Å²) >= 11 is 0. The second-order valence-electron chi connectivity index (χ2n) is 6.56. The first kappa shape index (κ1) is 18.9. The average molecular weight is 342 g/mol. The second-order valence-corrected chi connectivity index (χ2v) is 14.3. The maximum Gasteiger partial charge on any atom is 0.214 e. The molecule has 1 rings (SSSR count). The van der Waals surface area contributed by atoms with Crippen LogP contribution in [0.3, 0.4) is 0 Å². The summed E-state index contributed by atoms with van der Waals surface area (Å²) < 4.78 is 31.8. The van der Waals surface area contributed by atoms with Gasteiger partial charge in [0.05, 0.1) is 12.9 Å². The Hall–Kier alpha value is -1.11. The molecule has 0 saturated heterocycles. The van der Waals surface area contributed by atoms with Gasteiger partial charge in [0.2, 0.25) is 10.0 Å². The van der Waals surface area contributed by atoms with E-state index in [2.05, 4.69) is 26.2 Å². The molecule has 6 heteroatoms. The Labute approximate surface area is 135 Å². The minimum Gasteiger partial charge on any atom is -0.497 e. The molecule has 0 atom stereocenters. The Morgan fingerprint density at radius 2 is 1.82 bits per heavy atom. The lowest BCUT2D eigenvalue weighted by atomic mass is 10.2. The SMILES string of the molecule is C=CCN(Cc1ccc(OC)cc1)S(=O)(=O)CC[Si](C)(C)C. The van der Waals surface area contributed by atoms with Gasteiger partial charge < -0.3 is 4.74 Å². The Balaban J connectivity index is 2.84. The molecule has 0 aliphatic rings. The van der Waals surface area contributed by atoms with Crippen LogP contribution >= 0.6 is 0 Å². The van der Waals surface area contributed by atoms with Crippen molar-refractivity contribution in [3.05, 3.63) is 42.5 Å². The van der Waals surface area contributed by atoms with Crippen molar-refractivity contribution in [1.29, 1.82) is 0 Å². The molecule has 0 unspecified atom stereocenters. The number of methoxy groups -OCH3 is 1. The van der Waals surface area contributed by atoms with Crippen LogP contribution < -0.4 is 4.74 Å². The van der Waals surface area contributed by atoms with Gasteiger partial charge in [-0.15, -0.1) is 6.58 Å². The predicted molar refractivity (Wildman–Crippen MR) is 95.5 cm³/mol. The number of ether oxygens (including phenoxy) is 1. The van der Waals surface area contributed by atoms with Crippen molar-refractivity contribution >= 4 is 18.1 Å². The van der Waals surface area contributed by atoms with Crippen molar-refractivity contribution < 1.29 is 13.2 Å². The quantitative estimate of drug-likeness (QED) is 0.511. The van der Waals surface area contributed by atoms with Crippen LogP contribution in [0.1, 0.15) is 5.56 Å². The molecule has 0 aliphatic heterocycles.